The summed E-state index contributed by atoms with van der Waals surface area (Å²) < 4.78 is 18.9. The lowest BCUT2D eigenvalue weighted by Gasteiger charge is -2.45. The van der Waals surface area contributed by atoms with Crippen LogP contribution in [0.25, 0.3) is 0 Å². The zero-order valence-corrected chi connectivity index (χ0v) is 16.1. The van der Waals surface area contributed by atoms with Crippen LogP contribution in [0.3, 0.4) is 0 Å². The van der Waals surface area contributed by atoms with Crippen molar-refractivity contribution in [2.45, 2.75) is 45.2 Å². The van der Waals surface area contributed by atoms with Gasteiger partial charge in [0.25, 0.3) is 0 Å². The van der Waals surface area contributed by atoms with Gasteiger partial charge in [-0.3, -0.25) is 4.79 Å². The molecule has 0 aliphatic carbocycles. The van der Waals surface area contributed by atoms with Crippen LogP contribution in [-0.2, 0) is 6.54 Å². The van der Waals surface area contributed by atoms with E-state index in [0.717, 1.165) is 17.1 Å². The summed E-state index contributed by atoms with van der Waals surface area (Å²) in [5.74, 6) is 1.20. The number of fused-ring (bicyclic) bond motifs is 1. The number of likely N-dealkylation sites (tertiary alicyclic amines) is 1. The molecule has 0 atom stereocenters. The number of benzene rings is 1. The maximum atomic E-state index is 13.4. The number of nitrogens with zero attached hydrogens (tertiary/aromatic N) is 1. The average Bonchev–Trinajstić information content (AvgIpc) is 2.98. The second kappa shape index (κ2) is 6.96. The Hall–Kier alpha value is -2.83. The molecule has 1 fully saturated rings. The number of urea groups is 1. The molecule has 7 heteroatoms. The van der Waals surface area contributed by atoms with Crippen molar-refractivity contribution in [2.24, 2.45) is 0 Å². The minimum Gasteiger partial charge on any atom is -0.466 e. The van der Waals surface area contributed by atoms with E-state index in [2.05, 4.69) is 10.6 Å². The van der Waals surface area contributed by atoms with Crippen molar-refractivity contribution in [1.82, 2.24) is 10.2 Å². The third-order valence-electron chi connectivity index (χ3n) is 5.76. The van der Waals surface area contributed by atoms with Crippen molar-refractivity contribution in [2.75, 3.05) is 18.4 Å². The largest absolute Gasteiger partial charge is 0.466 e. The predicted molar refractivity (Wildman–Crippen MR) is 103 cm³/mol. The quantitative estimate of drug-likeness (QED) is 0.825. The molecule has 3 heterocycles. The van der Waals surface area contributed by atoms with Crippen molar-refractivity contribution in [3.63, 3.8) is 0 Å². The number of carbonyl (C=O) groups excluding carboxylic acids is 2. The molecular weight excluding hydrogens is 361 g/mol. The van der Waals surface area contributed by atoms with Crippen LogP contribution in [0.15, 0.2) is 28.7 Å². The molecule has 1 aromatic carbocycles. The number of piperidine rings is 1. The van der Waals surface area contributed by atoms with Gasteiger partial charge in [0, 0.05) is 48.4 Å². The van der Waals surface area contributed by atoms with E-state index in [4.69, 9.17) is 4.42 Å². The van der Waals surface area contributed by atoms with Gasteiger partial charge in [-0.25, -0.2) is 9.18 Å². The molecule has 148 valence electrons. The number of Topliss-reactive ketones (excluding diaryl/α,β-unsaturated/α-hetero) is 1. The zero-order valence-electron chi connectivity index (χ0n) is 16.1. The van der Waals surface area contributed by atoms with Crippen LogP contribution >= 0.6 is 0 Å². The Kier molecular flexibility index (Phi) is 4.61. The molecule has 28 heavy (non-hydrogen) atoms. The number of carbonyl (C=O) groups is 2. The summed E-state index contributed by atoms with van der Waals surface area (Å²) in [7, 11) is 0. The van der Waals surface area contributed by atoms with Crippen LogP contribution in [0.5, 0.6) is 0 Å². The fourth-order valence-corrected chi connectivity index (χ4v) is 4.17. The number of furan rings is 1. The highest BCUT2D eigenvalue weighted by Gasteiger charge is 2.41. The molecule has 2 N–H and O–H groups in total. The molecule has 2 amide bonds. The Morgan fingerprint density at radius 1 is 1.29 bits per heavy atom. The molecule has 0 unspecified atom stereocenters. The van der Waals surface area contributed by atoms with Gasteiger partial charge in [0.2, 0.25) is 0 Å². The van der Waals surface area contributed by atoms with Gasteiger partial charge in [0.15, 0.2) is 5.78 Å². The van der Waals surface area contributed by atoms with Crippen LogP contribution in [0.1, 0.15) is 46.7 Å². The smallest absolute Gasteiger partial charge is 0.317 e. The lowest BCUT2D eigenvalue weighted by molar-refractivity contribution is 0.0915. The summed E-state index contributed by atoms with van der Waals surface area (Å²) in [6.07, 6.45) is 1.67. The van der Waals surface area contributed by atoms with Crippen LogP contribution in [-0.4, -0.2) is 35.3 Å². The molecular formula is C21H24FN3O3. The lowest BCUT2D eigenvalue weighted by Crippen LogP contribution is -2.55. The van der Waals surface area contributed by atoms with Crippen LogP contribution < -0.4 is 10.6 Å². The SMILES string of the molecule is Cc1cc(CNC(=O)N2CCC3(CC2)CC(=O)c2cc(F)ccc2N3)c(C)o1. The van der Waals surface area contributed by atoms with Crippen molar-refractivity contribution >= 4 is 17.5 Å². The van der Waals surface area contributed by atoms with Gasteiger partial charge < -0.3 is 20.0 Å². The molecule has 0 bridgehead atoms. The van der Waals surface area contributed by atoms with Gasteiger partial charge in [-0.15, -0.1) is 0 Å². The Morgan fingerprint density at radius 3 is 2.71 bits per heavy atom. The molecule has 4 rings (SSSR count). The first-order chi connectivity index (χ1) is 13.3. The van der Waals surface area contributed by atoms with Crippen LogP contribution in [0.4, 0.5) is 14.9 Å². The minimum atomic E-state index is -0.403. The first-order valence-electron chi connectivity index (χ1n) is 9.55. The van der Waals surface area contributed by atoms with Gasteiger partial charge in [-0.1, -0.05) is 0 Å². The van der Waals surface area contributed by atoms with E-state index in [0.29, 0.717) is 50.1 Å². The first-order valence-corrected chi connectivity index (χ1v) is 9.55. The van der Waals surface area contributed by atoms with Crippen molar-refractivity contribution < 1.29 is 18.4 Å². The number of rotatable bonds is 2. The molecule has 2 aromatic rings. The fraction of sp³-hybridized carbons (Fsp3) is 0.429. The van der Waals surface area contributed by atoms with Crippen molar-refractivity contribution in [1.29, 1.82) is 0 Å². The summed E-state index contributed by atoms with van der Waals surface area (Å²) >= 11 is 0. The van der Waals surface area contributed by atoms with E-state index in [9.17, 15) is 14.0 Å². The van der Waals surface area contributed by atoms with Crippen molar-refractivity contribution in [3.05, 3.63) is 52.7 Å². The third-order valence-corrected chi connectivity index (χ3v) is 5.76. The predicted octanol–water partition coefficient (Wildman–Crippen LogP) is 3.78. The van der Waals surface area contributed by atoms with Crippen LogP contribution in [0, 0.1) is 19.7 Å². The van der Waals surface area contributed by atoms with Crippen LogP contribution in [0.2, 0.25) is 0 Å². The molecule has 0 radical (unpaired) electrons. The molecule has 6 nitrogen and oxygen atoms in total. The summed E-state index contributed by atoms with van der Waals surface area (Å²) in [5, 5.41) is 6.38. The Balaban J connectivity index is 1.36. The summed E-state index contributed by atoms with van der Waals surface area (Å²) in [6, 6.07) is 6.09. The topological polar surface area (TPSA) is 74.6 Å². The summed E-state index contributed by atoms with van der Waals surface area (Å²) in [4.78, 5) is 26.8. The van der Waals surface area contributed by atoms with Gasteiger partial charge >= 0.3 is 6.03 Å². The van der Waals surface area contributed by atoms with E-state index < -0.39 is 5.82 Å². The normalized spacial score (nSPS) is 18.0. The van der Waals surface area contributed by atoms with Gasteiger partial charge in [-0.2, -0.15) is 0 Å². The molecule has 0 saturated carbocycles. The van der Waals surface area contributed by atoms with Gasteiger partial charge in [0.1, 0.15) is 17.3 Å². The number of ketones is 1. The first kappa shape index (κ1) is 18.5. The van der Waals surface area contributed by atoms with E-state index in [1.54, 1.807) is 11.0 Å². The van der Waals surface area contributed by atoms with Gasteiger partial charge in [-0.05, 0) is 51.0 Å². The maximum absolute atomic E-state index is 13.4. The molecule has 1 spiro atoms. The van der Waals surface area contributed by atoms with E-state index in [1.807, 2.05) is 19.9 Å². The molecule has 1 aromatic heterocycles. The fourth-order valence-electron chi connectivity index (χ4n) is 4.17. The van der Waals surface area contributed by atoms with E-state index in [1.165, 1.54) is 12.1 Å². The number of amides is 2. The van der Waals surface area contributed by atoms with E-state index in [-0.39, 0.29) is 17.4 Å². The minimum absolute atomic E-state index is 0.0445. The molecule has 2 aliphatic heterocycles. The summed E-state index contributed by atoms with van der Waals surface area (Å²) in [6.45, 7) is 5.32. The van der Waals surface area contributed by atoms with E-state index >= 15 is 0 Å². The maximum Gasteiger partial charge on any atom is 0.317 e. The highest BCUT2D eigenvalue weighted by Crippen LogP contribution is 2.37. The Morgan fingerprint density at radius 2 is 2.04 bits per heavy atom. The Bertz CT molecular complexity index is 929. The van der Waals surface area contributed by atoms with Gasteiger partial charge in [0.05, 0.1) is 0 Å². The monoisotopic (exact) mass is 385 g/mol. The third kappa shape index (κ3) is 3.48. The number of hydrogen-bond donors (Lipinski definition) is 2. The van der Waals surface area contributed by atoms with Crippen molar-refractivity contribution in [3.8, 4) is 0 Å². The molecule has 1 saturated heterocycles. The highest BCUT2D eigenvalue weighted by molar-refractivity contribution is 6.04. The number of aryl methyl sites for hydroxylation is 2. The number of anilines is 1. The average molecular weight is 385 g/mol. The summed E-state index contributed by atoms with van der Waals surface area (Å²) in [5.41, 5.74) is 1.71. The second-order valence-corrected chi connectivity index (χ2v) is 7.78. The highest BCUT2D eigenvalue weighted by atomic mass is 19.1. The molecule has 2 aliphatic rings. The number of nitrogens with one attached hydrogen (secondary N) is 2. The zero-order chi connectivity index (χ0) is 19.9. The lowest BCUT2D eigenvalue weighted by atomic mass is 9.78. The Labute approximate surface area is 163 Å². The standard InChI is InChI=1S/C21H24FN3O3/c1-13-9-15(14(2)28-13)12-23-20(27)25-7-5-21(6-8-25)11-19(26)17-10-16(22)3-4-18(17)24-21/h3-4,9-10,24H,5-8,11-12H2,1-2H3,(H,23,27). The second-order valence-electron chi connectivity index (χ2n) is 7.78. The number of hydrogen-bond acceptors (Lipinski definition) is 4. The number of halogens is 1.